The van der Waals surface area contributed by atoms with Crippen LogP contribution in [0.4, 0.5) is 0 Å². The Morgan fingerprint density at radius 1 is 1.53 bits per heavy atom. The van der Waals surface area contributed by atoms with Crippen molar-refractivity contribution in [3.05, 3.63) is 17.0 Å². The van der Waals surface area contributed by atoms with Gasteiger partial charge in [-0.1, -0.05) is 6.92 Å². The fourth-order valence-corrected chi connectivity index (χ4v) is 5.02. The molecule has 94 valence electrons. The van der Waals surface area contributed by atoms with Gasteiger partial charge in [0.2, 0.25) is 0 Å². The first-order valence-corrected chi connectivity index (χ1v) is 8.07. The van der Waals surface area contributed by atoms with Crippen molar-refractivity contribution < 1.29 is 5.11 Å². The van der Waals surface area contributed by atoms with E-state index in [1.165, 1.54) is 29.0 Å². The third kappa shape index (κ3) is 2.41. The highest BCUT2D eigenvalue weighted by Gasteiger charge is 2.42. The van der Waals surface area contributed by atoms with Crippen LogP contribution in [0.1, 0.15) is 37.8 Å². The maximum atomic E-state index is 9.35. The molecule has 4 heteroatoms. The van der Waals surface area contributed by atoms with E-state index in [-0.39, 0.29) is 5.41 Å². The Balaban J connectivity index is 1.68. The number of hydrogen-bond donors (Lipinski definition) is 2. The first-order valence-electron chi connectivity index (χ1n) is 6.31. The molecule has 0 amide bonds. The van der Waals surface area contributed by atoms with Gasteiger partial charge in [-0.15, -0.1) is 23.1 Å². The van der Waals surface area contributed by atoms with Crippen LogP contribution in [-0.2, 0) is 0 Å². The fourth-order valence-electron chi connectivity index (χ4n) is 2.45. The van der Waals surface area contributed by atoms with E-state index in [0.717, 1.165) is 6.54 Å². The zero-order valence-corrected chi connectivity index (χ0v) is 11.7. The lowest BCUT2D eigenvalue weighted by molar-refractivity contribution is 0.203. The molecule has 2 atom stereocenters. The highest BCUT2D eigenvalue weighted by Crippen LogP contribution is 2.47. The van der Waals surface area contributed by atoms with E-state index in [0.29, 0.717) is 17.9 Å². The molecule has 0 spiro atoms. The highest BCUT2D eigenvalue weighted by molar-refractivity contribution is 8.01. The quantitative estimate of drug-likeness (QED) is 0.881. The minimum atomic E-state index is 0.212. The standard InChI is InChI=1S/C13H19NOS2/c1-9-6-11(10-2-5-16-12(10)17-9)14-7-13(8-15)3-4-13/h2,5,9,11,14-15H,3-4,6-8H2,1H3/t9-,11?/m0/s1. The minimum Gasteiger partial charge on any atom is -0.396 e. The summed E-state index contributed by atoms with van der Waals surface area (Å²) in [4.78, 5) is 0. The fraction of sp³-hybridized carbons (Fsp3) is 0.692. The van der Waals surface area contributed by atoms with Crippen LogP contribution in [0.5, 0.6) is 0 Å². The van der Waals surface area contributed by atoms with Crippen LogP contribution in [0, 0.1) is 5.41 Å². The summed E-state index contributed by atoms with van der Waals surface area (Å²) in [5, 5.41) is 15.9. The van der Waals surface area contributed by atoms with Gasteiger partial charge >= 0.3 is 0 Å². The predicted octanol–water partition coefficient (Wildman–Crippen LogP) is 3.04. The average molecular weight is 269 g/mol. The number of rotatable bonds is 4. The number of thioether (sulfide) groups is 1. The summed E-state index contributed by atoms with van der Waals surface area (Å²) in [6, 6.07) is 2.76. The van der Waals surface area contributed by atoms with E-state index >= 15 is 0 Å². The van der Waals surface area contributed by atoms with E-state index in [9.17, 15) is 5.11 Å². The molecule has 0 radical (unpaired) electrons. The van der Waals surface area contributed by atoms with Crippen molar-refractivity contribution >= 4 is 23.1 Å². The lowest BCUT2D eigenvalue weighted by Crippen LogP contribution is -2.32. The molecule has 0 saturated heterocycles. The minimum absolute atomic E-state index is 0.212. The second-order valence-electron chi connectivity index (χ2n) is 5.42. The summed E-state index contributed by atoms with van der Waals surface area (Å²) in [5.74, 6) is 0. The van der Waals surface area contributed by atoms with Gasteiger partial charge in [0.15, 0.2) is 0 Å². The summed E-state index contributed by atoms with van der Waals surface area (Å²) in [7, 11) is 0. The number of aliphatic hydroxyl groups is 1. The van der Waals surface area contributed by atoms with Crippen LogP contribution in [0.15, 0.2) is 15.7 Å². The van der Waals surface area contributed by atoms with Crippen molar-refractivity contribution in [1.29, 1.82) is 0 Å². The molecule has 1 aromatic rings. The molecule has 2 nitrogen and oxygen atoms in total. The normalized spacial score (nSPS) is 30.0. The Morgan fingerprint density at radius 2 is 2.35 bits per heavy atom. The van der Waals surface area contributed by atoms with Crippen LogP contribution in [-0.4, -0.2) is 23.5 Å². The van der Waals surface area contributed by atoms with Crippen molar-refractivity contribution in [1.82, 2.24) is 5.32 Å². The second kappa shape index (κ2) is 4.57. The Kier molecular flexibility index (Phi) is 3.24. The van der Waals surface area contributed by atoms with Crippen molar-refractivity contribution in [2.24, 2.45) is 5.41 Å². The molecule has 1 unspecified atom stereocenters. The molecule has 3 rings (SSSR count). The summed E-state index contributed by atoms with van der Waals surface area (Å²) in [6.45, 7) is 3.62. The monoisotopic (exact) mass is 269 g/mol. The maximum Gasteiger partial charge on any atom is 0.0649 e. The molecule has 1 aliphatic heterocycles. The molecular weight excluding hydrogens is 250 g/mol. The SMILES string of the molecule is C[C@H]1CC(NCC2(CO)CC2)c2ccsc2S1. The highest BCUT2D eigenvalue weighted by atomic mass is 32.2. The largest absolute Gasteiger partial charge is 0.396 e. The Labute approximate surface area is 111 Å². The molecule has 1 aromatic heterocycles. The molecular formula is C13H19NOS2. The first-order chi connectivity index (χ1) is 8.22. The maximum absolute atomic E-state index is 9.35. The van der Waals surface area contributed by atoms with E-state index in [1.807, 2.05) is 23.1 Å². The van der Waals surface area contributed by atoms with Crippen molar-refractivity contribution in [3.8, 4) is 0 Å². The van der Waals surface area contributed by atoms with Gasteiger partial charge in [0.1, 0.15) is 0 Å². The third-order valence-electron chi connectivity index (χ3n) is 3.93. The van der Waals surface area contributed by atoms with Gasteiger partial charge in [0, 0.05) is 29.9 Å². The smallest absolute Gasteiger partial charge is 0.0649 e. The van der Waals surface area contributed by atoms with Gasteiger partial charge in [-0.25, -0.2) is 0 Å². The zero-order chi connectivity index (χ0) is 11.9. The van der Waals surface area contributed by atoms with Gasteiger partial charge in [0.05, 0.1) is 4.21 Å². The van der Waals surface area contributed by atoms with E-state index < -0.39 is 0 Å². The van der Waals surface area contributed by atoms with E-state index in [4.69, 9.17) is 0 Å². The molecule has 1 aliphatic carbocycles. The van der Waals surface area contributed by atoms with Crippen LogP contribution >= 0.6 is 23.1 Å². The molecule has 1 saturated carbocycles. The number of fused-ring (bicyclic) bond motifs is 1. The number of hydrogen-bond acceptors (Lipinski definition) is 4. The van der Waals surface area contributed by atoms with Gasteiger partial charge in [-0.05, 0) is 36.3 Å². The van der Waals surface area contributed by atoms with E-state index in [1.54, 1.807) is 0 Å². The molecule has 2 N–H and O–H groups in total. The topological polar surface area (TPSA) is 32.3 Å². The number of nitrogens with one attached hydrogen (secondary N) is 1. The second-order valence-corrected chi connectivity index (χ2v) is 8.04. The van der Waals surface area contributed by atoms with Crippen LogP contribution < -0.4 is 5.32 Å². The lowest BCUT2D eigenvalue weighted by atomic mass is 10.0. The van der Waals surface area contributed by atoms with Gasteiger partial charge < -0.3 is 10.4 Å². The summed E-state index contributed by atoms with van der Waals surface area (Å²) < 4.78 is 1.48. The first kappa shape index (κ1) is 12.0. The van der Waals surface area contributed by atoms with Crippen molar-refractivity contribution in [2.45, 2.75) is 41.7 Å². The summed E-state index contributed by atoms with van der Waals surface area (Å²) in [5.41, 5.74) is 1.69. The number of thiophene rings is 1. The lowest BCUT2D eigenvalue weighted by Gasteiger charge is -2.29. The third-order valence-corrected chi connectivity index (χ3v) is 6.27. The number of aliphatic hydroxyl groups excluding tert-OH is 1. The van der Waals surface area contributed by atoms with Crippen LogP contribution in [0.25, 0.3) is 0 Å². The Bertz CT molecular complexity index is 400. The van der Waals surface area contributed by atoms with Gasteiger partial charge in [-0.2, -0.15) is 0 Å². The van der Waals surface area contributed by atoms with E-state index in [2.05, 4.69) is 23.7 Å². The van der Waals surface area contributed by atoms with Gasteiger partial charge in [0.25, 0.3) is 0 Å². The van der Waals surface area contributed by atoms with Gasteiger partial charge in [-0.3, -0.25) is 0 Å². The zero-order valence-electron chi connectivity index (χ0n) is 10.1. The molecule has 2 aliphatic rings. The Hall–Kier alpha value is -0.0300. The average Bonchev–Trinajstić information content (AvgIpc) is 2.96. The van der Waals surface area contributed by atoms with Crippen molar-refractivity contribution in [3.63, 3.8) is 0 Å². The molecule has 0 bridgehead atoms. The summed E-state index contributed by atoms with van der Waals surface area (Å²) in [6.07, 6.45) is 3.57. The Morgan fingerprint density at radius 3 is 3.06 bits per heavy atom. The molecule has 1 fully saturated rings. The predicted molar refractivity (Wildman–Crippen MR) is 73.8 cm³/mol. The summed E-state index contributed by atoms with van der Waals surface area (Å²) >= 11 is 3.87. The van der Waals surface area contributed by atoms with Crippen molar-refractivity contribution in [2.75, 3.05) is 13.2 Å². The molecule has 17 heavy (non-hydrogen) atoms. The molecule has 0 aromatic carbocycles. The van der Waals surface area contributed by atoms with Crippen LogP contribution in [0.2, 0.25) is 0 Å². The molecule has 2 heterocycles. The van der Waals surface area contributed by atoms with Crippen LogP contribution in [0.3, 0.4) is 0 Å².